The lowest BCUT2D eigenvalue weighted by Gasteiger charge is -2.09. The third kappa shape index (κ3) is 2.81. The monoisotopic (exact) mass is 293 g/mol. The lowest BCUT2D eigenvalue weighted by molar-refractivity contribution is 0.408. The molecule has 0 saturated carbocycles. The van der Waals surface area contributed by atoms with Crippen molar-refractivity contribution in [2.24, 2.45) is 0 Å². The highest BCUT2D eigenvalue weighted by Gasteiger charge is 2.09. The van der Waals surface area contributed by atoms with Crippen molar-refractivity contribution in [2.45, 2.75) is 13.5 Å². The summed E-state index contributed by atoms with van der Waals surface area (Å²) < 4.78 is 7.33. The van der Waals surface area contributed by atoms with Crippen LogP contribution in [0.2, 0.25) is 0 Å². The molecule has 0 unspecified atom stereocenters. The molecule has 3 aromatic rings. The fourth-order valence-corrected chi connectivity index (χ4v) is 2.44. The van der Waals surface area contributed by atoms with Gasteiger partial charge in [0.05, 0.1) is 19.3 Å². The van der Waals surface area contributed by atoms with E-state index in [0.717, 1.165) is 22.6 Å². The lowest BCUT2D eigenvalue weighted by Crippen LogP contribution is -2.04. The molecule has 0 spiro atoms. The fourth-order valence-electron chi connectivity index (χ4n) is 2.44. The Morgan fingerprint density at radius 1 is 1.09 bits per heavy atom. The molecule has 0 saturated heterocycles. The van der Waals surface area contributed by atoms with Gasteiger partial charge in [-0.25, -0.2) is 4.98 Å². The number of para-hydroxylation sites is 1. The van der Waals surface area contributed by atoms with Crippen LogP contribution >= 0.6 is 0 Å². The van der Waals surface area contributed by atoms with Crippen molar-refractivity contribution in [3.8, 4) is 17.0 Å². The Labute approximate surface area is 130 Å². The van der Waals surface area contributed by atoms with E-state index in [1.165, 1.54) is 5.56 Å². The van der Waals surface area contributed by atoms with Gasteiger partial charge in [-0.05, 0) is 13.0 Å². The van der Waals surface area contributed by atoms with Crippen LogP contribution in [-0.4, -0.2) is 16.7 Å². The number of nitrogens with zero attached hydrogens (tertiary/aromatic N) is 2. The molecule has 22 heavy (non-hydrogen) atoms. The van der Waals surface area contributed by atoms with E-state index in [1.54, 1.807) is 7.11 Å². The van der Waals surface area contributed by atoms with Gasteiger partial charge in [-0.1, -0.05) is 48.0 Å². The molecule has 4 heteroatoms. The minimum atomic E-state index is 0.501. The first-order valence-corrected chi connectivity index (χ1v) is 7.19. The Bertz CT molecular complexity index is 775. The van der Waals surface area contributed by atoms with Gasteiger partial charge in [0.15, 0.2) is 0 Å². The van der Waals surface area contributed by atoms with Gasteiger partial charge in [0, 0.05) is 17.3 Å². The van der Waals surface area contributed by atoms with E-state index in [1.807, 2.05) is 35.0 Å². The highest BCUT2D eigenvalue weighted by atomic mass is 16.5. The summed E-state index contributed by atoms with van der Waals surface area (Å²) in [5, 5.41) is 0. The predicted octanol–water partition coefficient (Wildman–Crippen LogP) is 3.50. The Morgan fingerprint density at radius 2 is 1.82 bits per heavy atom. The number of hydrogen-bond donors (Lipinski definition) is 1. The molecule has 0 radical (unpaired) electrons. The van der Waals surface area contributed by atoms with E-state index in [-0.39, 0.29) is 0 Å². The van der Waals surface area contributed by atoms with Crippen LogP contribution < -0.4 is 10.5 Å². The predicted molar refractivity (Wildman–Crippen MR) is 88.9 cm³/mol. The van der Waals surface area contributed by atoms with Crippen LogP contribution in [-0.2, 0) is 6.54 Å². The molecule has 1 heterocycles. The molecule has 0 aliphatic carbocycles. The first kappa shape index (κ1) is 14.2. The maximum absolute atomic E-state index is 6.06. The lowest BCUT2D eigenvalue weighted by atomic mass is 10.1. The topological polar surface area (TPSA) is 53.1 Å². The quantitative estimate of drug-likeness (QED) is 0.801. The molecule has 0 bridgehead atoms. The van der Waals surface area contributed by atoms with E-state index in [4.69, 9.17) is 10.5 Å². The molecule has 0 amide bonds. The zero-order valence-electron chi connectivity index (χ0n) is 12.8. The molecule has 0 aliphatic heterocycles. The normalized spacial score (nSPS) is 10.6. The Hall–Kier alpha value is -2.75. The number of nitrogens with two attached hydrogens (primary N) is 1. The van der Waals surface area contributed by atoms with Gasteiger partial charge in [-0.2, -0.15) is 0 Å². The molecule has 2 aromatic carbocycles. The van der Waals surface area contributed by atoms with E-state index in [9.17, 15) is 0 Å². The summed E-state index contributed by atoms with van der Waals surface area (Å²) in [6.45, 7) is 2.70. The van der Waals surface area contributed by atoms with Crippen LogP contribution in [0.4, 0.5) is 5.95 Å². The SMILES string of the molecule is COc1ccccc1Cn1cc(-c2ccc(C)cc2)nc1N. The van der Waals surface area contributed by atoms with E-state index < -0.39 is 0 Å². The first-order chi connectivity index (χ1) is 10.7. The summed E-state index contributed by atoms with van der Waals surface area (Å²) in [5.41, 5.74) is 10.3. The molecule has 1 aromatic heterocycles. The number of aryl methyl sites for hydroxylation is 1. The van der Waals surface area contributed by atoms with Crippen LogP contribution in [0.3, 0.4) is 0 Å². The van der Waals surface area contributed by atoms with Crippen molar-refractivity contribution in [1.29, 1.82) is 0 Å². The molecular formula is C18H19N3O. The molecule has 0 fully saturated rings. The third-order valence-electron chi connectivity index (χ3n) is 3.69. The summed E-state index contributed by atoms with van der Waals surface area (Å²) in [6, 6.07) is 16.2. The summed E-state index contributed by atoms with van der Waals surface area (Å²) >= 11 is 0. The minimum Gasteiger partial charge on any atom is -0.496 e. The summed E-state index contributed by atoms with van der Waals surface area (Å²) in [4.78, 5) is 4.46. The Kier molecular flexibility index (Phi) is 3.83. The molecular weight excluding hydrogens is 274 g/mol. The van der Waals surface area contributed by atoms with Crippen LogP contribution in [0.1, 0.15) is 11.1 Å². The van der Waals surface area contributed by atoms with E-state index in [2.05, 4.69) is 36.2 Å². The number of anilines is 1. The van der Waals surface area contributed by atoms with Crippen molar-refractivity contribution in [3.05, 3.63) is 65.9 Å². The highest BCUT2D eigenvalue weighted by Crippen LogP contribution is 2.23. The van der Waals surface area contributed by atoms with Gasteiger partial charge in [-0.15, -0.1) is 0 Å². The van der Waals surface area contributed by atoms with Gasteiger partial charge < -0.3 is 15.0 Å². The first-order valence-electron chi connectivity index (χ1n) is 7.19. The average Bonchev–Trinajstić information content (AvgIpc) is 2.89. The number of ether oxygens (including phenoxy) is 1. The van der Waals surface area contributed by atoms with Gasteiger partial charge >= 0.3 is 0 Å². The smallest absolute Gasteiger partial charge is 0.201 e. The van der Waals surface area contributed by atoms with Gasteiger partial charge in [0.25, 0.3) is 0 Å². The van der Waals surface area contributed by atoms with Gasteiger partial charge in [-0.3, -0.25) is 0 Å². The van der Waals surface area contributed by atoms with Crippen molar-refractivity contribution in [3.63, 3.8) is 0 Å². The fraction of sp³-hybridized carbons (Fsp3) is 0.167. The van der Waals surface area contributed by atoms with Crippen molar-refractivity contribution >= 4 is 5.95 Å². The number of rotatable bonds is 4. The van der Waals surface area contributed by atoms with Crippen LogP contribution in [0.15, 0.2) is 54.7 Å². The number of imidazole rings is 1. The van der Waals surface area contributed by atoms with Crippen molar-refractivity contribution in [2.75, 3.05) is 12.8 Å². The summed E-state index contributed by atoms with van der Waals surface area (Å²) in [5.74, 6) is 1.36. The second kappa shape index (κ2) is 5.93. The zero-order valence-corrected chi connectivity index (χ0v) is 12.8. The molecule has 3 rings (SSSR count). The van der Waals surface area contributed by atoms with Crippen molar-refractivity contribution in [1.82, 2.24) is 9.55 Å². The van der Waals surface area contributed by atoms with Crippen LogP contribution in [0, 0.1) is 6.92 Å². The second-order valence-electron chi connectivity index (χ2n) is 5.29. The minimum absolute atomic E-state index is 0.501. The number of methoxy groups -OCH3 is 1. The number of hydrogen-bond acceptors (Lipinski definition) is 3. The number of benzene rings is 2. The molecule has 112 valence electrons. The maximum Gasteiger partial charge on any atom is 0.201 e. The summed E-state index contributed by atoms with van der Waals surface area (Å²) in [7, 11) is 1.67. The van der Waals surface area contributed by atoms with Gasteiger partial charge in [0.2, 0.25) is 5.95 Å². The Balaban J connectivity index is 1.91. The third-order valence-corrected chi connectivity index (χ3v) is 3.69. The number of nitrogen functional groups attached to an aromatic ring is 1. The Morgan fingerprint density at radius 3 is 2.55 bits per heavy atom. The van der Waals surface area contributed by atoms with Crippen LogP contribution in [0.5, 0.6) is 5.75 Å². The molecule has 0 aliphatic rings. The standard InChI is InChI=1S/C18H19N3O/c1-13-7-9-14(10-8-13)16-12-21(18(19)20-16)11-15-5-3-4-6-17(15)22-2/h3-10,12H,11H2,1-2H3,(H2,19,20). The van der Waals surface area contributed by atoms with E-state index >= 15 is 0 Å². The molecule has 0 atom stereocenters. The average molecular weight is 293 g/mol. The molecule has 2 N–H and O–H groups in total. The van der Waals surface area contributed by atoms with Crippen molar-refractivity contribution < 1.29 is 4.74 Å². The highest BCUT2D eigenvalue weighted by molar-refractivity contribution is 5.60. The number of aromatic nitrogens is 2. The summed E-state index contributed by atoms with van der Waals surface area (Å²) in [6.07, 6.45) is 1.98. The van der Waals surface area contributed by atoms with Gasteiger partial charge in [0.1, 0.15) is 5.75 Å². The van der Waals surface area contributed by atoms with Crippen LogP contribution in [0.25, 0.3) is 11.3 Å². The van der Waals surface area contributed by atoms with E-state index in [0.29, 0.717) is 12.5 Å². The second-order valence-corrected chi connectivity index (χ2v) is 5.29. The largest absolute Gasteiger partial charge is 0.496 e. The molecule has 4 nitrogen and oxygen atoms in total. The maximum atomic E-state index is 6.06. The zero-order chi connectivity index (χ0) is 15.5.